The van der Waals surface area contributed by atoms with Gasteiger partial charge in [-0.25, -0.2) is 4.79 Å². The molecular weight excluding hydrogens is 288 g/mol. The molecule has 0 radical (unpaired) electrons. The first-order chi connectivity index (χ1) is 9.38. The SMILES string of the molecule is NC(=O)C[C@@H](NC(=O)COc1cccc(Cl)c1)C(=O)O. The first kappa shape index (κ1) is 15.8. The molecule has 1 aromatic carbocycles. The van der Waals surface area contributed by atoms with Gasteiger partial charge in [0.2, 0.25) is 5.91 Å². The average Bonchev–Trinajstić information content (AvgIpc) is 2.35. The van der Waals surface area contributed by atoms with Crippen molar-refractivity contribution < 1.29 is 24.2 Å². The lowest BCUT2D eigenvalue weighted by atomic mass is 10.2. The number of carbonyl (C=O) groups is 3. The van der Waals surface area contributed by atoms with E-state index in [1.54, 1.807) is 18.2 Å². The van der Waals surface area contributed by atoms with Crippen molar-refractivity contribution >= 4 is 29.4 Å². The quantitative estimate of drug-likeness (QED) is 0.663. The number of nitrogens with one attached hydrogen (secondary N) is 1. The van der Waals surface area contributed by atoms with E-state index in [-0.39, 0.29) is 0 Å². The maximum atomic E-state index is 11.5. The number of carboxylic acid groups (broad SMARTS) is 1. The molecule has 0 bridgehead atoms. The lowest BCUT2D eigenvalue weighted by molar-refractivity contribution is -0.143. The molecular formula is C12H13ClN2O5. The normalized spacial score (nSPS) is 11.4. The lowest BCUT2D eigenvalue weighted by Crippen LogP contribution is -2.45. The molecule has 1 rings (SSSR count). The molecule has 1 aromatic rings. The van der Waals surface area contributed by atoms with E-state index >= 15 is 0 Å². The second-order valence-corrected chi connectivity index (χ2v) is 4.31. The zero-order valence-electron chi connectivity index (χ0n) is 10.3. The third kappa shape index (κ3) is 5.57. The number of carboxylic acids is 1. The van der Waals surface area contributed by atoms with E-state index in [4.69, 9.17) is 27.2 Å². The predicted octanol–water partition coefficient (Wildman–Crippen LogP) is 0.164. The van der Waals surface area contributed by atoms with Gasteiger partial charge in [0.15, 0.2) is 6.61 Å². The number of amides is 2. The Kier molecular flexibility index (Phi) is 5.79. The Balaban J connectivity index is 2.49. The fourth-order valence-electron chi connectivity index (χ4n) is 1.34. The lowest BCUT2D eigenvalue weighted by Gasteiger charge is -2.13. The number of aliphatic carboxylic acids is 1. The molecule has 0 fully saturated rings. The Morgan fingerprint density at radius 3 is 2.65 bits per heavy atom. The van der Waals surface area contributed by atoms with Crippen LogP contribution in [-0.2, 0) is 14.4 Å². The molecule has 4 N–H and O–H groups in total. The van der Waals surface area contributed by atoms with E-state index in [1.165, 1.54) is 6.07 Å². The van der Waals surface area contributed by atoms with E-state index in [0.717, 1.165) is 0 Å². The van der Waals surface area contributed by atoms with Crippen LogP contribution in [0, 0.1) is 0 Å². The maximum Gasteiger partial charge on any atom is 0.326 e. The molecule has 8 heteroatoms. The number of halogens is 1. The van der Waals surface area contributed by atoms with Gasteiger partial charge >= 0.3 is 5.97 Å². The number of hydrogen-bond donors (Lipinski definition) is 3. The molecule has 0 spiro atoms. The maximum absolute atomic E-state index is 11.5. The highest BCUT2D eigenvalue weighted by Crippen LogP contribution is 2.16. The highest BCUT2D eigenvalue weighted by molar-refractivity contribution is 6.30. The number of hydrogen-bond acceptors (Lipinski definition) is 4. The molecule has 0 aliphatic carbocycles. The number of nitrogens with two attached hydrogens (primary N) is 1. The van der Waals surface area contributed by atoms with Crippen molar-refractivity contribution in [2.45, 2.75) is 12.5 Å². The van der Waals surface area contributed by atoms with Crippen LogP contribution >= 0.6 is 11.6 Å². The first-order valence-electron chi connectivity index (χ1n) is 5.57. The Hall–Kier alpha value is -2.28. The molecule has 7 nitrogen and oxygen atoms in total. The van der Waals surface area contributed by atoms with E-state index in [9.17, 15) is 14.4 Å². The van der Waals surface area contributed by atoms with Gasteiger partial charge in [-0.2, -0.15) is 0 Å². The summed E-state index contributed by atoms with van der Waals surface area (Å²) in [6, 6.07) is 5.01. The standard InChI is InChI=1S/C12H13ClN2O5/c13-7-2-1-3-8(4-7)20-6-11(17)15-9(12(18)19)5-10(14)16/h1-4,9H,5-6H2,(H2,14,16)(H,15,17)(H,18,19)/t9-/m1/s1. The van der Waals surface area contributed by atoms with Crippen LogP contribution in [0.1, 0.15) is 6.42 Å². The Bertz CT molecular complexity index is 520. The minimum atomic E-state index is -1.37. The Labute approximate surface area is 119 Å². The van der Waals surface area contributed by atoms with Crippen LogP contribution in [0.5, 0.6) is 5.75 Å². The van der Waals surface area contributed by atoms with Crippen LogP contribution in [-0.4, -0.2) is 35.5 Å². The third-order valence-corrected chi connectivity index (χ3v) is 2.44. The predicted molar refractivity (Wildman–Crippen MR) is 70.3 cm³/mol. The monoisotopic (exact) mass is 300 g/mol. The average molecular weight is 301 g/mol. The smallest absolute Gasteiger partial charge is 0.326 e. The molecule has 0 aliphatic heterocycles. The van der Waals surface area contributed by atoms with Gasteiger partial charge in [0.1, 0.15) is 11.8 Å². The molecule has 2 amide bonds. The highest BCUT2D eigenvalue weighted by atomic mass is 35.5. The molecule has 0 heterocycles. The topological polar surface area (TPSA) is 119 Å². The van der Waals surface area contributed by atoms with E-state index < -0.39 is 36.9 Å². The van der Waals surface area contributed by atoms with E-state index in [0.29, 0.717) is 10.8 Å². The van der Waals surface area contributed by atoms with Crippen molar-refractivity contribution in [3.63, 3.8) is 0 Å². The summed E-state index contributed by atoms with van der Waals surface area (Å²) in [5.41, 5.74) is 4.89. The fraction of sp³-hybridized carbons (Fsp3) is 0.250. The highest BCUT2D eigenvalue weighted by Gasteiger charge is 2.22. The van der Waals surface area contributed by atoms with Crippen molar-refractivity contribution in [3.8, 4) is 5.75 Å². The summed E-state index contributed by atoms with van der Waals surface area (Å²) >= 11 is 5.73. The van der Waals surface area contributed by atoms with Crippen molar-refractivity contribution in [3.05, 3.63) is 29.3 Å². The summed E-state index contributed by atoms with van der Waals surface area (Å²) in [7, 11) is 0. The van der Waals surface area contributed by atoms with Crippen LogP contribution in [0.25, 0.3) is 0 Å². The van der Waals surface area contributed by atoms with Gasteiger partial charge in [-0.05, 0) is 18.2 Å². The number of carbonyl (C=O) groups excluding carboxylic acids is 2. The van der Waals surface area contributed by atoms with Gasteiger partial charge in [-0.3, -0.25) is 9.59 Å². The second kappa shape index (κ2) is 7.34. The number of primary amides is 1. The second-order valence-electron chi connectivity index (χ2n) is 3.87. The van der Waals surface area contributed by atoms with Gasteiger partial charge in [0, 0.05) is 5.02 Å². The van der Waals surface area contributed by atoms with Crippen LogP contribution in [0.2, 0.25) is 5.02 Å². The van der Waals surface area contributed by atoms with Gasteiger partial charge in [0.05, 0.1) is 6.42 Å². The molecule has 20 heavy (non-hydrogen) atoms. The minimum Gasteiger partial charge on any atom is -0.484 e. The molecule has 108 valence electrons. The molecule has 0 unspecified atom stereocenters. The van der Waals surface area contributed by atoms with Crippen LogP contribution < -0.4 is 15.8 Å². The van der Waals surface area contributed by atoms with Crippen LogP contribution in [0.15, 0.2) is 24.3 Å². The summed E-state index contributed by atoms with van der Waals surface area (Å²) in [4.78, 5) is 33.0. The van der Waals surface area contributed by atoms with Crippen LogP contribution in [0.3, 0.4) is 0 Å². The summed E-state index contributed by atoms with van der Waals surface area (Å²) in [6.45, 7) is -0.400. The molecule has 0 aromatic heterocycles. The van der Waals surface area contributed by atoms with Gasteiger partial charge in [0.25, 0.3) is 5.91 Å². The number of ether oxygens (including phenoxy) is 1. The molecule has 0 saturated heterocycles. The third-order valence-electron chi connectivity index (χ3n) is 2.20. The summed E-state index contributed by atoms with van der Waals surface area (Å²) in [5, 5.41) is 11.4. The van der Waals surface area contributed by atoms with Crippen LogP contribution in [0.4, 0.5) is 0 Å². The van der Waals surface area contributed by atoms with Crippen molar-refractivity contribution in [1.29, 1.82) is 0 Å². The van der Waals surface area contributed by atoms with E-state index in [2.05, 4.69) is 5.32 Å². The van der Waals surface area contributed by atoms with Gasteiger partial charge in [-0.1, -0.05) is 17.7 Å². The Morgan fingerprint density at radius 1 is 1.40 bits per heavy atom. The zero-order chi connectivity index (χ0) is 15.1. The van der Waals surface area contributed by atoms with E-state index in [1.807, 2.05) is 0 Å². The molecule has 1 atom stereocenters. The van der Waals surface area contributed by atoms with Crippen molar-refractivity contribution in [1.82, 2.24) is 5.32 Å². The van der Waals surface area contributed by atoms with Gasteiger partial charge in [-0.15, -0.1) is 0 Å². The van der Waals surface area contributed by atoms with Crippen molar-refractivity contribution in [2.75, 3.05) is 6.61 Å². The number of benzene rings is 1. The first-order valence-corrected chi connectivity index (χ1v) is 5.95. The minimum absolute atomic E-state index is 0.370. The Morgan fingerprint density at radius 2 is 2.10 bits per heavy atom. The fourth-order valence-corrected chi connectivity index (χ4v) is 1.52. The largest absolute Gasteiger partial charge is 0.484 e. The summed E-state index contributed by atoms with van der Waals surface area (Å²) < 4.78 is 5.13. The van der Waals surface area contributed by atoms with Gasteiger partial charge < -0.3 is 20.9 Å². The number of rotatable bonds is 7. The summed E-state index contributed by atoms with van der Waals surface area (Å²) in [6.07, 6.45) is -0.488. The molecule has 0 aliphatic rings. The summed E-state index contributed by atoms with van der Waals surface area (Å²) in [5.74, 6) is -2.48. The van der Waals surface area contributed by atoms with Crippen molar-refractivity contribution in [2.24, 2.45) is 5.73 Å². The molecule has 0 saturated carbocycles. The zero-order valence-corrected chi connectivity index (χ0v) is 11.1.